The van der Waals surface area contributed by atoms with E-state index in [-0.39, 0.29) is 10.8 Å². The number of hydrogen-bond acceptors (Lipinski definition) is 2. The first-order chi connectivity index (χ1) is 30.5. The lowest BCUT2D eigenvalue weighted by Gasteiger charge is -2.33. The zero-order chi connectivity index (χ0) is 42.6. The van der Waals surface area contributed by atoms with Crippen molar-refractivity contribution in [2.45, 2.75) is 57.8 Å². The van der Waals surface area contributed by atoms with Gasteiger partial charge in [-0.3, -0.25) is 0 Å². The van der Waals surface area contributed by atoms with E-state index in [2.05, 4.69) is 205 Å². The van der Waals surface area contributed by atoms with Gasteiger partial charge in [-0.2, -0.15) is 0 Å². The molecule has 0 N–H and O–H groups in total. The van der Waals surface area contributed by atoms with Crippen LogP contribution in [0.4, 0.5) is 0 Å². The molecule has 63 heavy (non-hydrogen) atoms. The van der Waals surface area contributed by atoms with Crippen LogP contribution in [0.3, 0.4) is 0 Å². The van der Waals surface area contributed by atoms with Crippen molar-refractivity contribution in [3.63, 3.8) is 0 Å². The van der Waals surface area contributed by atoms with Gasteiger partial charge in [-0.05, 0) is 124 Å². The summed E-state index contributed by atoms with van der Waals surface area (Å²) in [6, 6.07) is 63.4. The second kappa shape index (κ2) is 12.5. The van der Waals surface area contributed by atoms with E-state index < -0.39 is 5.41 Å². The number of fused-ring (bicyclic) bond motifs is 15. The molecule has 302 valence electrons. The Morgan fingerprint density at radius 1 is 0.381 bits per heavy atom. The van der Waals surface area contributed by atoms with E-state index in [1.165, 1.54) is 72.3 Å². The molecule has 2 heteroatoms. The average molecular weight is 811 g/mol. The van der Waals surface area contributed by atoms with Gasteiger partial charge in [0.25, 0.3) is 0 Å². The molecule has 1 aromatic heterocycles. The van der Waals surface area contributed by atoms with Crippen molar-refractivity contribution >= 4 is 32.7 Å². The molecule has 13 rings (SSSR count). The average Bonchev–Trinajstić information content (AvgIpc) is 3.92. The molecule has 9 aromatic carbocycles. The van der Waals surface area contributed by atoms with E-state index in [1.807, 2.05) is 6.07 Å². The second-order valence-electron chi connectivity index (χ2n) is 20.0. The molecule has 3 aliphatic rings. The Hall–Kier alpha value is -7.16. The summed E-state index contributed by atoms with van der Waals surface area (Å²) in [4.78, 5) is 0. The summed E-state index contributed by atoms with van der Waals surface area (Å²) in [5.41, 5.74) is 21.7. The van der Waals surface area contributed by atoms with Crippen LogP contribution in [0.2, 0.25) is 0 Å². The third kappa shape index (κ3) is 4.90. The standard InChI is InChI=1S/C61H46O2/c1-59(2,3)36-25-27-40-41-28-26-37(60(4,5)6)34-52(41)61(51(40)33-36)49-21-9-7-15-47(49)56-38(16-13-22-50(56)61)35-24-30-54-48(32-35)44-18-11-17-43-39(29-31-55(62-54)57(43)44)45-19-12-20-46-42-14-8-10-23-53(42)63-58(45)46/h7-34H,1-6H3. The first kappa shape index (κ1) is 36.5. The van der Waals surface area contributed by atoms with Crippen LogP contribution in [-0.4, -0.2) is 0 Å². The van der Waals surface area contributed by atoms with Crippen LogP contribution in [0.15, 0.2) is 174 Å². The Balaban J connectivity index is 1.03. The third-order valence-corrected chi connectivity index (χ3v) is 14.4. The minimum Gasteiger partial charge on any atom is -0.456 e. The number of rotatable bonds is 2. The van der Waals surface area contributed by atoms with Gasteiger partial charge in [0.2, 0.25) is 0 Å². The molecule has 0 unspecified atom stereocenters. The quantitative estimate of drug-likeness (QED) is 0.174. The highest BCUT2D eigenvalue weighted by Gasteiger charge is 2.52. The predicted molar refractivity (Wildman–Crippen MR) is 261 cm³/mol. The first-order valence-corrected chi connectivity index (χ1v) is 22.3. The highest BCUT2D eigenvalue weighted by molar-refractivity contribution is 6.15. The number of benzene rings is 9. The van der Waals surface area contributed by atoms with E-state index in [9.17, 15) is 0 Å². The third-order valence-electron chi connectivity index (χ3n) is 14.4. The molecule has 0 saturated heterocycles. The van der Waals surface area contributed by atoms with Gasteiger partial charge in [-0.15, -0.1) is 0 Å². The zero-order valence-corrected chi connectivity index (χ0v) is 36.5. The summed E-state index contributed by atoms with van der Waals surface area (Å²) < 4.78 is 13.4. The lowest BCUT2D eigenvalue weighted by Crippen LogP contribution is -2.27. The van der Waals surface area contributed by atoms with Gasteiger partial charge in [0.05, 0.1) is 5.41 Å². The Labute approximate surface area is 368 Å². The van der Waals surface area contributed by atoms with Crippen molar-refractivity contribution < 1.29 is 9.15 Å². The van der Waals surface area contributed by atoms with Crippen LogP contribution >= 0.6 is 0 Å². The lowest BCUT2D eigenvalue weighted by molar-refractivity contribution is 0.487. The fourth-order valence-electron chi connectivity index (χ4n) is 11.4. The molecule has 10 aromatic rings. The maximum Gasteiger partial charge on any atom is 0.143 e. The van der Waals surface area contributed by atoms with Crippen LogP contribution in [-0.2, 0) is 16.2 Å². The van der Waals surface area contributed by atoms with Gasteiger partial charge >= 0.3 is 0 Å². The number of para-hydroxylation sites is 2. The largest absolute Gasteiger partial charge is 0.456 e. The van der Waals surface area contributed by atoms with E-state index in [1.54, 1.807) is 0 Å². The Kier molecular flexibility index (Phi) is 7.23. The molecule has 0 saturated carbocycles. The summed E-state index contributed by atoms with van der Waals surface area (Å²) in [5.74, 6) is 1.75. The molecule has 1 aliphatic heterocycles. The first-order valence-electron chi connectivity index (χ1n) is 22.3. The van der Waals surface area contributed by atoms with Crippen molar-refractivity contribution in [2.24, 2.45) is 0 Å². The van der Waals surface area contributed by atoms with Crippen LogP contribution < -0.4 is 4.74 Å². The second-order valence-corrected chi connectivity index (χ2v) is 20.0. The van der Waals surface area contributed by atoms with Crippen LogP contribution in [0.5, 0.6) is 11.5 Å². The highest BCUT2D eigenvalue weighted by Crippen LogP contribution is 2.65. The fraction of sp³-hybridized carbons (Fsp3) is 0.148. The van der Waals surface area contributed by atoms with E-state index >= 15 is 0 Å². The SMILES string of the molecule is CC(C)(C)c1ccc2c(c1)C1(c3cc(C(C)(C)C)ccc3-2)c2ccccc2-c2c(-c3ccc4c(c3)-c3cccc5c(-c6cccc7c6oc6ccccc67)ccc(c35)O4)cccc21. The molecule has 2 aliphatic carbocycles. The maximum atomic E-state index is 6.82. The van der Waals surface area contributed by atoms with Crippen molar-refractivity contribution in [2.75, 3.05) is 0 Å². The molecule has 2 nitrogen and oxygen atoms in total. The van der Waals surface area contributed by atoms with Gasteiger partial charge in [-0.25, -0.2) is 0 Å². The van der Waals surface area contributed by atoms with Crippen molar-refractivity contribution in [3.05, 3.63) is 203 Å². The van der Waals surface area contributed by atoms with Gasteiger partial charge in [-0.1, -0.05) is 181 Å². The monoisotopic (exact) mass is 810 g/mol. The van der Waals surface area contributed by atoms with Crippen molar-refractivity contribution in [3.8, 4) is 67.1 Å². The van der Waals surface area contributed by atoms with E-state index in [4.69, 9.17) is 9.15 Å². The highest BCUT2D eigenvalue weighted by atomic mass is 16.5. The number of hydrogen-bond donors (Lipinski definition) is 0. The van der Waals surface area contributed by atoms with Crippen molar-refractivity contribution in [1.82, 2.24) is 0 Å². The molecule has 2 heterocycles. The molecule has 0 atom stereocenters. The molecular weight excluding hydrogens is 765 g/mol. The smallest absolute Gasteiger partial charge is 0.143 e. The number of furan rings is 1. The Morgan fingerprint density at radius 2 is 0.968 bits per heavy atom. The molecule has 0 bridgehead atoms. The number of ether oxygens (including phenoxy) is 1. The minimum absolute atomic E-state index is 0.00142. The van der Waals surface area contributed by atoms with Gasteiger partial charge < -0.3 is 9.15 Å². The molecule has 0 amide bonds. The fourth-order valence-corrected chi connectivity index (χ4v) is 11.4. The summed E-state index contributed by atoms with van der Waals surface area (Å²) >= 11 is 0. The van der Waals surface area contributed by atoms with Crippen LogP contribution in [0.25, 0.3) is 88.3 Å². The summed E-state index contributed by atoms with van der Waals surface area (Å²) in [6.07, 6.45) is 0. The van der Waals surface area contributed by atoms with Crippen LogP contribution in [0, 0.1) is 0 Å². The van der Waals surface area contributed by atoms with Gasteiger partial charge in [0, 0.05) is 27.3 Å². The minimum atomic E-state index is -0.462. The summed E-state index contributed by atoms with van der Waals surface area (Å²) in [6.45, 7) is 14.0. The van der Waals surface area contributed by atoms with Crippen molar-refractivity contribution in [1.29, 1.82) is 0 Å². The van der Waals surface area contributed by atoms with E-state index in [0.717, 1.165) is 60.9 Å². The van der Waals surface area contributed by atoms with Gasteiger partial charge in [0.15, 0.2) is 0 Å². The predicted octanol–water partition coefficient (Wildman–Crippen LogP) is 16.8. The Morgan fingerprint density at radius 3 is 1.73 bits per heavy atom. The molecule has 0 fully saturated rings. The summed E-state index contributed by atoms with van der Waals surface area (Å²) in [7, 11) is 0. The molecule has 1 spiro atoms. The van der Waals surface area contributed by atoms with E-state index in [0.29, 0.717) is 0 Å². The normalized spacial score (nSPS) is 14.1. The summed E-state index contributed by atoms with van der Waals surface area (Å²) in [5, 5.41) is 4.53. The molecule has 0 radical (unpaired) electrons. The lowest BCUT2D eigenvalue weighted by atomic mass is 9.68. The molecular formula is C61H46O2. The Bertz CT molecular complexity index is 3560. The topological polar surface area (TPSA) is 22.4 Å². The zero-order valence-electron chi connectivity index (χ0n) is 36.5. The van der Waals surface area contributed by atoms with Gasteiger partial charge in [0.1, 0.15) is 22.7 Å². The maximum absolute atomic E-state index is 6.82. The van der Waals surface area contributed by atoms with Crippen LogP contribution in [0.1, 0.15) is 74.9 Å².